The number of nitrogens with zero attached hydrogens (tertiary/aromatic N) is 2. The molecule has 0 N–H and O–H groups in total. The van der Waals surface area contributed by atoms with Crippen LogP contribution in [0.25, 0.3) is 37.9 Å². The molecule has 14 rings (SSSR count). The predicted octanol–water partition coefficient (Wildman–Crippen LogP) is 19.2. The van der Waals surface area contributed by atoms with E-state index in [-0.39, 0.29) is 5.25 Å². The zero-order chi connectivity index (χ0) is 46.1. The van der Waals surface area contributed by atoms with E-state index in [4.69, 9.17) is 4.74 Å². The number of anilines is 6. The highest BCUT2D eigenvalue weighted by Crippen LogP contribution is 2.54. The van der Waals surface area contributed by atoms with Crippen molar-refractivity contribution in [2.45, 2.75) is 102 Å². The quantitative estimate of drug-likeness (QED) is 0.141. The Labute approximate surface area is 420 Å². The number of benzene rings is 8. The number of fused-ring (bicyclic) bond motifs is 11. The summed E-state index contributed by atoms with van der Waals surface area (Å²) in [4.78, 5) is 7.81. The van der Waals surface area contributed by atoms with E-state index in [1.165, 1.54) is 157 Å². The number of hydrogen-bond acceptors (Lipinski definition) is 5. The molecule has 6 aliphatic rings. The fourth-order valence-corrected chi connectivity index (χ4v) is 15.3. The van der Waals surface area contributed by atoms with Crippen molar-refractivity contribution in [2.75, 3.05) is 9.80 Å². The number of ether oxygens (including phenoxy) is 1. The van der Waals surface area contributed by atoms with Gasteiger partial charge in [0.15, 0.2) is 0 Å². The summed E-state index contributed by atoms with van der Waals surface area (Å²) < 4.78 is 5.82. The van der Waals surface area contributed by atoms with E-state index in [0.29, 0.717) is 23.0 Å². The zero-order valence-corrected chi connectivity index (χ0v) is 41.1. The van der Waals surface area contributed by atoms with Crippen LogP contribution in [0.5, 0.6) is 0 Å². The maximum Gasteiger partial charge on any atom is 0.0954 e. The molecule has 2 saturated carbocycles. The molecular weight excluding hydrogens is 889 g/mol. The van der Waals surface area contributed by atoms with Gasteiger partial charge in [0.1, 0.15) is 0 Å². The molecule has 3 aliphatic heterocycles. The lowest BCUT2D eigenvalue weighted by Crippen LogP contribution is -2.13. The first-order valence-corrected chi connectivity index (χ1v) is 27.6. The van der Waals surface area contributed by atoms with Crippen LogP contribution in [0.1, 0.15) is 104 Å². The minimum absolute atomic E-state index is 0.270. The molecule has 8 aromatic rings. The highest BCUT2D eigenvalue weighted by atomic mass is 32.2. The second-order valence-corrected chi connectivity index (χ2v) is 22.8. The first-order valence-electron chi connectivity index (χ1n) is 25.9. The fraction of sp³-hybridized carbons (Fsp3) is 0.231. The Hall–Kier alpha value is -6.40. The van der Waals surface area contributed by atoms with Gasteiger partial charge in [-0.2, -0.15) is 0 Å². The van der Waals surface area contributed by atoms with Crippen LogP contribution >= 0.6 is 23.5 Å². The highest BCUT2D eigenvalue weighted by Gasteiger charge is 2.33. The number of para-hydroxylation sites is 2. The number of thioether (sulfide) groups is 2. The second-order valence-electron chi connectivity index (χ2n) is 20.4. The molecular formula is C65H56N2OS2. The Morgan fingerprint density at radius 1 is 0.443 bits per heavy atom. The van der Waals surface area contributed by atoms with Gasteiger partial charge in [-0.05, 0) is 172 Å². The van der Waals surface area contributed by atoms with Crippen molar-refractivity contribution < 1.29 is 4.74 Å². The normalized spacial score (nSPS) is 20.5. The van der Waals surface area contributed by atoms with E-state index in [1.807, 2.05) is 36.0 Å². The van der Waals surface area contributed by atoms with E-state index in [1.54, 1.807) is 0 Å². The van der Waals surface area contributed by atoms with Crippen molar-refractivity contribution in [1.82, 2.24) is 0 Å². The molecule has 3 aliphatic carbocycles. The summed E-state index contributed by atoms with van der Waals surface area (Å²) in [6, 6.07) is 56.8. The lowest BCUT2D eigenvalue weighted by molar-refractivity contribution is 0.398. The SMILES string of the molecule is C1=CC2Sc3ccc(N(c4ccccc4)c4cc5c6ccc(C7CCCCC7)cc6c(N(c6ccccc6)c6ccc7c(c6)C6=COC=CC6S7)cc5c5ccc(C6CCCCC6)cc45)cc3C2C=C1. The second kappa shape index (κ2) is 17.8. The van der Waals surface area contributed by atoms with E-state index in [0.717, 1.165) is 11.4 Å². The first kappa shape index (κ1) is 42.5. The van der Waals surface area contributed by atoms with Gasteiger partial charge in [-0.3, -0.25) is 0 Å². The maximum atomic E-state index is 5.82. The van der Waals surface area contributed by atoms with Crippen LogP contribution in [0.2, 0.25) is 0 Å². The van der Waals surface area contributed by atoms with Crippen LogP contribution < -0.4 is 9.80 Å². The summed E-state index contributed by atoms with van der Waals surface area (Å²) >= 11 is 3.92. The summed E-state index contributed by atoms with van der Waals surface area (Å²) in [5, 5.41) is 8.47. The van der Waals surface area contributed by atoms with Crippen LogP contribution in [0, 0.1) is 0 Å². The summed E-state index contributed by atoms with van der Waals surface area (Å²) in [7, 11) is 0. The van der Waals surface area contributed by atoms with Crippen molar-refractivity contribution in [2.24, 2.45) is 0 Å². The van der Waals surface area contributed by atoms with Gasteiger partial charge in [0.2, 0.25) is 0 Å². The first-order chi connectivity index (χ1) is 34.7. The standard InChI is InChI=1S/C65H56N2OS2/c1-5-15-42(16-6-1)44-25-29-50-54-40-61(67(47-21-11-4-12-22-47)49-28-32-64-58(38-49)59-41-68-34-33-65(59)70-64)56-36-45(43-17-7-2-8-18-43)26-30-51(56)53(54)39-60(55(50)35-44)66(46-19-9-3-10-20-46)48-27-31-63-57(37-48)52-23-13-14-24-62(52)69-63/h3-4,9-14,19-43,52,62,65H,1-2,5-8,15-18H2. The fourth-order valence-electron chi connectivity index (χ4n) is 12.8. The molecule has 0 bridgehead atoms. The molecule has 8 aromatic carbocycles. The van der Waals surface area contributed by atoms with Gasteiger partial charge in [-0.1, -0.05) is 123 Å². The van der Waals surface area contributed by atoms with Crippen molar-refractivity contribution >= 4 is 95.5 Å². The van der Waals surface area contributed by atoms with Crippen LogP contribution in [0.3, 0.4) is 0 Å². The topological polar surface area (TPSA) is 15.7 Å². The molecule has 2 fully saturated rings. The lowest BCUT2D eigenvalue weighted by Gasteiger charge is -2.31. The van der Waals surface area contributed by atoms with Gasteiger partial charge in [-0.15, -0.1) is 23.5 Å². The Morgan fingerprint density at radius 3 is 1.63 bits per heavy atom. The molecule has 0 saturated heterocycles. The minimum Gasteiger partial charge on any atom is -0.473 e. The molecule has 344 valence electrons. The molecule has 0 radical (unpaired) electrons. The van der Waals surface area contributed by atoms with E-state index in [9.17, 15) is 0 Å². The van der Waals surface area contributed by atoms with Crippen molar-refractivity contribution in [3.05, 3.63) is 211 Å². The molecule has 0 aromatic heterocycles. The lowest BCUT2D eigenvalue weighted by atomic mass is 9.82. The van der Waals surface area contributed by atoms with E-state index < -0.39 is 0 Å². The average molecular weight is 945 g/mol. The van der Waals surface area contributed by atoms with Gasteiger partial charge >= 0.3 is 0 Å². The molecule has 70 heavy (non-hydrogen) atoms. The molecule has 0 spiro atoms. The van der Waals surface area contributed by atoms with Gasteiger partial charge in [-0.25, -0.2) is 0 Å². The van der Waals surface area contributed by atoms with E-state index in [2.05, 4.69) is 186 Å². The third-order valence-electron chi connectivity index (χ3n) is 16.3. The van der Waals surface area contributed by atoms with Crippen molar-refractivity contribution in [3.8, 4) is 0 Å². The molecule has 3 unspecified atom stereocenters. The third kappa shape index (κ3) is 7.34. The van der Waals surface area contributed by atoms with Crippen LogP contribution in [0.15, 0.2) is 198 Å². The highest BCUT2D eigenvalue weighted by molar-refractivity contribution is 8.01. The minimum atomic E-state index is 0.270. The summed E-state index contributed by atoms with van der Waals surface area (Å²) in [6.45, 7) is 0. The third-order valence-corrected chi connectivity index (χ3v) is 18.9. The summed E-state index contributed by atoms with van der Waals surface area (Å²) in [6.07, 6.45) is 28.1. The Bertz CT molecular complexity index is 3470. The van der Waals surface area contributed by atoms with Crippen LogP contribution in [-0.4, -0.2) is 10.5 Å². The van der Waals surface area contributed by atoms with Gasteiger partial charge < -0.3 is 14.5 Å². The zero-order valence-electron chi connectivity index (χ0n) is 39.5. The number of hydrogen-bond donors (Lipinski definition) is 0. The van der Waals surface area contributed by atoms with Crippen molar-refractivity contribution in [1.29, 1.82) is 0 Å². The Morgan fingerprint density at radius 2 is 1.01 bits per heavy atom. The summed E-state index contributed by atoms with van der Waals surface area (Å²) in [5.41, 5.74) is 14.0. The van der Waals surface area contributed by atoms with Gasteiger partial charge in [0, 0.05) is 60.1 Å². The van der Waals surface area contributed by atoms with E-state index >= 15 is 0 Å². The number of allylic oxidation sites excluding steroid dienone is 3. The smallest absolute Gasteiger partial charge is 0.0954 e. The molecule has 0 amide bonds. The molecule has 3 nitrogen and oxygen atoms in total. The Kier molecular flexibility index (Phi) is 10.8. The largest absolute Gasteiger partial charge is 0.473 e. The molecule has 3 atom stereocenters. The predicted molar refractivity (Wildman–Crippen MR) is 298 cm³/mol. The molecule has 5 heteroatoms. The van der Waals surface area contributed by atoms with Gasteiger partial charge in [0.25, 0.3) is 0 Å². The average Bonchev–Trinajstić information content (AvgIpc) is 4.00. The van der Waals surface area contributed by atoms with Gasteiger partial charge in [0.05, 0.1) is 29.1 Å². The van der Waals surface area contributed by atoms with Crippen LogP contribution in [0.4, 0.5) is 34.1 Å². The maximum absolute atomic E-state index is 5.82. The Balaban J connectivity index is 1.05. The monoisotopic (exact) mass is 944 g/mol. The van der Waals surface area contributed by atoms with Crippen molar-refractivity contribution in [3.63, 3.8) is 0 Å². The van der Waals surface area contributed by atoms with Crippen LogP contribution in [-0.2, 0) is 4.74 Å². The molecule has 3 heterocycles. The number of rotatable bonds is 8. The summed E-state index contributed by atoms with van der Waals surface area (Å²) in [5.74, 6) is 1.51.